The number of amides is 1. The molecule has 4 aromatic carbocycles. The molecule has 0 aromatic heterocycles. The Bertz CT molecular complexity index is 1410. The highest BCUT2D eigenvalue weighted by Gasteiger charge is 2.39. The van der Waals surface area contributed by atoms with Crippen molar-refractivity contribution in [1.82, 2.24) is 0 Å². The predicted octanol–water partition coefficient (Wildman–Crippen LogP) is 6.59. The largest absolute Gasteiger partial charge is 0.497 e. The molecule has 0 saturated heterocycles. The third-order valence-corrected chi connectivity index (χ3v) is 10.5. The van der Waals surface area contributed by atoms with E-state index in [2.05, 4.69) is 24.7 Å². The zero-order chi connectivity index (χ0) is 29.5. The fraction of sp³-hybridized carbons (Fsp3) is 0.265. The fourth-order valence-electron chi connectivity index (χ4n) is 4.82. The Hall–Kier alpha value is -4.07. The maximum absolute atomic E-state index is 13.9. The minimum absolute atomic E-state index is 0.227. The van der Waals surface area contributed by atoms with Crippen molar-refractivity contribution in [3.8, 4) is 11.5 Å². The van der Waals surface area contributed by atoms with Crippen LogP contribution < -0.4 is 24.7 Å². The number of rotatable bonds is 10. The number of hydrogen-bond donors (Lipinski definition) is 0. The summed E-state index contributed by atoms with van der Waals surface area (Å²) < 4.78 is 24.2. The van der Waals surface area contributed by atoms with Crippen molar-refractivity contribution in [2.24, 2.45) is 0 Å². The highest BCUT2D eigenvalue weighted by molar-refractivity contribution is 6.97. The first-order valence-electron chi connectivity index (χ1n) is 13.7. The lowest BCUT2D eigenvalue weighted by molar-refractivity contribution is 0.0553. The number of carbonyl (C=O) groups excluding carboxylic acids is 1. The Morgan fingerprint density at radius 3 is 1.95 bits per heavy atom. The normalized spacial score (nSPS) is 13.5. The molecule has 6 nitrogen and oxygen atoms in total. The van der Waals surface area contributed by atoms with Gasteiger partial charge in [0.2, 0.25) is 0 Å². The fourth-order valence-corrected chi connectivity index (χ4v) is 7.84. The van der Waals surface area contributed by atoms with E-state index in [1.807, 2.05) is 112 Å². The van der Waals surface area contributed by atoms with Crippen molar-refractivity contribution in [3.05, 3.63) is 115 Å². The van der Waals surface area contributed by atoms with Crippen LogP contribution in [-0.4, -0.2) is 40.8 Å². The van der Waals surface area contributed by atoms with E-state index in [0.717, 1.165) is 21.7 Å². The first-order valence-corrected chi connectivity index (χ1v) is 16.1. The monoisotopic (exact) mass is 569 g/mol. The molecular weight excluding hydrogens is 530 g/mol. The number of ether oxygens (including phenoxy) is 3. The molecule has 214 valence electrons. The molecule has 4 rings (SSSR count). The van der Waals surface area contributed by atoms with Gasteiger partial charge in [-0.2, -0.15) is 0 Å². The molecule has 41 heavy (non-hydrogen) atoms. The number of benzene rings is 4. The lowest BCUT2D eigenvalue weighted by atomic mass is 10.1. The quantitative estimate of drug-likeness (QED) is 0.202. The van der Waals surface area contributed by atoms with Crippen molar-refractivity contribution in [1.29, 1.82) is 0 Å². The number of hydrogen-bond acceptors (Lipinski definition) is 5. The van der Waals surface area contributed by atoms with Crippen LogP contribution in [-0.2, 0) is 9.16 Å². The first-order chi connectivity index (χ1) is 19.7. The van der Waals surface area contributed by atoms with Gasteiger partial charge in [0.15, 0.2) is 0 Å². The maximum atomic E-state index is 13.9. The Balaban J connectivity index is 1.83. The molecular formula is C34H39NO5Si. The highest BCUT2D eigenvalue weighted by Crippen LogP contribution is 2.32. The summed E-state index contributed by atoms with van der Waals surface area (Å²) in [6.45, 7) is 8.00. The van der Waals surface area contributed by atoms with E-state index in [0.29, 0.717) is 11.4 Å². The Kier molecular flexibility index (Phi) is 9.52. The average molecular weight is 570 g/mol. The van der Waals surface area contributed by atoms with Crippen LogP contribution in [0.15, 0.2) is 109 Å². The Morgan fingerprint density at radius 1 is 0.780 bits per heavy atom. The van der Waals surface area contributed by atoms with Gasteiger partial charge >= 0.3 is 6.09 Å². The minimum atomic E-state index is -2.83. The average Bonchev–Trinajstić information content (AvgIpc) is 2.99. The van der Waals surface area contributed by atoms with Crippen LogP contribution in [0.2, 0.25) is 6.55 Å². The second-order valence-electron chi connectivity index (χ2n) is 10.9. The molecule has 0 aliphatic carbocycles. The zero-order valence-corrected chi connectivity index (χ0v) is 25.7. The van der Waals surface area contributed by atoms with Crippen LogP contribution >= 0.6 is 0 Å². The summed E-state index contributed by atoms with van der Waals surface area (Å²) in [5.41, 5.74) is 0.922. The predicted molar refractivity (Wildman–Crippen MR) is 167 cm³/mol. The second kappa shape index (κ2) is 13.1. The molecule has 1 amide bonds. The molecule has 0 fully saturated rings. The lowest BCUT2D eigenvalue weighted by Crippen LogP contribution is -2.59. The van der Waals surface area contributed by atoms with Crippen molar-refractivity contribution in [2.45, 2.75) is 39.0 Å². The lowest BCUT2D eigenvalue weighted by Gasteiger charge is -2.37. The van der Waals surface area contributed by atoms with E-state index in [9.17, 15) is 4.79 Å². The first kappa shape index (κ1) is 29.9. The van der Waals surface area contributed by atoms with Gasteiger partial charge in [-0.3, -0.25) is 4.90 Å². The molecule has 1 unspecified atom stereocenters. The van der Waals surface area contributed by atoms with Crippen molar-refractivity contribution < 1.29 is 23.4 Å². The van der Waals surface area contributed by atoms with Crippen LogP contribution in [0, 0.1) is 0 Å². The van der Waals surface area contributed by atoms with Crippen molar-refractivity contribution >= 4 is 30.5 Å². The van der Waals surface area contributed by atoms with Gasteiger partial charge in [0.25, 0.3) is 8.32 Å². The van der Waals surface area contributed by atoms with Crippen LogP contribution in [0.5, 0.6) is 11.5 Å². The molecule has 0 radical (unpaired) electrons. The van der Waals surface area contributed by atoms with Crippen molar-refractivity contribution in [3.63, 3.8) is 0 Å². The van der Waals surface area contributed by atoms with E-state index in [-0.39, 0.29) is 6.61 Å². The summed E-state index contributed by atoms with van der Waals surface area (Å²) in [7, 11) is 0.469. The smallest absolute Gasteiger partial charge is 0.415 e. The minimum Gasteiger partial charge on any atom is -0.497 e. The Labute approximate surface area is 244 Å². The summed E-state index contributed by atoms with van der Waals surface area (Å²) in [6.07, 6.45) is -0.458. The van der Waals surface area contributed by atoms with E-state index in [1.165, 1.54) is 0 Å². The number of para-hydroxylation sites is 1. The maximum Gasteiger partial charge on any atom is 0.415 e. The molecule has 2 atom stereocenters. The van der Waals surface area contributed by atoms with Gasteiger partial charge in [0.1, 0.15) is 17.1 Å². The summed E-state index contributed by atoms with van der Waals surface area (Å²) in [5.74, 6) is 1.48. The molecule has 7 heteroatoms. The summed E-state index contributed by atoms with van der Waals surface area (Å²) in [5, 5.41) is 2.12. The third-order valence-electron chi connectivity index (χ3n) is 6.91. The molecule has 0 bridgehead atoms. The van der Waals surface area contributed by atoms with Crippen molar-refractivity contribution in [2.75, 3.05) is 25.7 Å². The molecule has 0 aliphatic rings. The standard InChI is InChI=1S/C34H39NO5Si/c1-34(2,3)40-33(36)35(27-21-23-28(37-4)24-22-27)30(26-15-9-7-10-16-26)25-39-41(6,29-17-11-8-12-18-29)32-20-14-13-19-31(32)38-5/h7-24,30H,25H2,1-6H3/t30-,41?/m1/s1. The van der Waals surface area contributed by atoms with Crippen LogP contribution in [0.3, 0.4) is 0 Å². The van der Waals surface area contributed by atoms with E-state index >= 15 is 0 Å². The SMILES string of the molecule is COc1ccc(N(C(=O)OC(C)(C)C)[C@H](CO[Si](C)(c2ccccc2)c2ccccc2OC)c2ccccc2)cc1. The van der Waals surface area contributed by atoms with Crippen LogP contribution in [0.1, 0.15) is 32.4 Å². The van der Waals surface area contributed by atoms with Gasteiger partial charge in [0.05, 0.1) is 26.9 Å². The zero-order valence-electron chi connectivity index (χ0n) is 24.7. The van der Waals surface area contributed by atoms with E-state index < -0.39 is 26.1 Å². The highest BCUT2D eigenvalue weighted by atomic mass is 28.4. The molecule has 0 saturated carbocycles. The van der Waals surface area contributed by atoms with Gasteiger partial charge in [-0.25, -0.2) is 4.79 Å². The summed E-state index contributed by atoms with van der Waals surface area (Å²) in [6, 6.07) is 35.1. The number of anilines is 1. The number of methoxy groups -OCH3 is 2. The molecule has 4 aromatic rings. The number of nitrogens with zero attached hydrogens (tertiary/aromatic N) is 1. The van der Waals surface area contributed by atoms with Gasteiger partial charge in [-0.1, -0.05) is 78.9 Å². The van der Waals surface area contributed by atoms with Crippen LogP contribution in [0.4, 0.5) is 10.5 Å². The topological polar surface area (TPSA) is 57.2 Å². The van der Waals surface area contributed by atoms with E-state index in [1.54, 1.807) is 19.1 Å². The summed E-state index contributed by atoms with van der Waals surface area (Å²) >= 11 is 0. The van der Waals surface area contributed by atoms with E-state index in [4.69, 9.17) is 18.6 Å². The van der Waals surface area contributed by atoms with Crippen LogP contribution in [0.25, 0.3) is 0 Å². The molecule has 0 spiro atoms. The molecule has 0 aliphatic heterocycles. The third kappa shape index (κ3) is 7.17. The van der Waals surface area contributed by atoms with Gasteiger partial charge in [-0.15, -0.1) is 0 Å². The number of carbonyl (C=O) groups is 1. The van der Waals surface area contributed by atoms with Gasteiger partial charge < -0.3 is 18.6 Å². The second-order valence-corrected chi connectivity index (χ2v) is 14.4. The molecule has 0 heterocycles. The molecule has 0 N–H and O–H groups in total. The Morgan fingerprint density at radius 2 is 1.37 bits per heavy atom. The van der Waals surface area contributed by atoms with Gasteiger partial charge in [0, 0.05) is 10.9 Å². The van der Waals surface area contributed by atoms with Gasteiger partial charge in [-0.05, 0) is 68.4 Å². The summed E-state index contributed by atoms with van der Waals surface area (Å²) in [4.78, 5) is 15.6.